The Balaban J connectivity index is 0.000000233. The summed E-state index contributed by atoms with van der Waals surface area (Å²) in [6, 6.07) is 6.18. The van der Waals surface area contributed by atoms with Crippen molar-refractivity contribution in [3.8, 4) is 0 Å². The van der Waals surface area contributed by atoms with Crippen LogP contribution in [-0.2, 0) is 4.79 Å². The number of nitrogens with one attached hydrogen (secondary N) is 2. The van der Waals surface area contributed by atoms with Gasteiger partial charge in [0.05, 0.1) is 6.33 Å². The van der Waals surface area contributed by atoms with Gasteiger partial charge in [-0.25, -0.2) is 9.37 Å². The molecule has 8 nitrogen and oxygen atoms in total. The normalized spacial score (nSPS) is 13.6. The number of imidazole rings is 1. The van der Waals surface area contributed by atoms with Crippen molar-refractivity contribution in [2.24, 2.45) is 11.7 Å². The minimum Gasteiger partial charge on any atom is -0.364 e. The van der Waals surface area contributed by atoms with Gasteiger partial charge in [0.2, 0.25) is 5.91 Å². The van der Waals surface area contributed by atoms with Gasteiger partial charge < -0.3 is 20.9 Å². The van der Waals surface area contributed by atoms with Gasteiger partial charge in [0, 0.05) is 24.7 Å². The minimum absolute atomic E-state index is 0.0362. The molecule has 0 spiro atoms. The Morgan fingerprint density at radius 2 is 1.81 bits per heavy atom. The van der Waals surface area contributed by atoms with E-state index < -0.39 is 5.91 Å². The molecule has 1 aromatic carbocycles. The Morgan fingerprint density at radius 1 is 1.16 bits per heavy atom. The number of nitrogens with two attached hydrogens (primary N) is 1. The zero-order valence-corrected chi connectivity index (χ0v) is 18.0. The van der Waals surface area contributed by atoms with E-state index in [1.54, 1.807) is 24.0 Å². The van der Waals surface area contributed by atoms with Gasteiger partial charge in [-0.3, -0.25) is 14.4 Å². The van der Waals surface area contributed by atoms with E-state index >= 15 is 0 Å². The van der Waals surface area contributed by atoms with Crippen molar-refractivity contribution in [1.29, 1.82) is 0 Å². The molecule has 3 rings (SSSR count). The smallest absolute Gasteiger partial charge is 0.270 e. The molecule has 4 N–H and O–H groups in total. The van der Waals surface area contributed by atoms with E-state index in [9.17, 15) is 18.8 Å². The number of anilines is 1. The molecule has 1 aliphatic rings. The highest BCUT2D eigenvalue weighted by Gasteiger charge is 2.26. The Hall–Kier alpha value is -3.23. The number of benzene rings is 1. The SMILES string of the molecule is CCN(C(=O)C1CCCCC1)c1ccc(F)cc1.CCNC(=O)c1[nH]cnc1C(N)=O. The minimum atomic E-state index is -0.720. The molecule has 0 saturated heterocycles. The van der Waals surface area contributed by atoms with Crippen LogP contribution in [0.2, 0.25) is 0 Å². The summed E-state index contributed by atoms with van der Waals surface area (Å²) in [6.45, 7) is 4.86. The highest BCUT2D eigenvalue weighted by Crippen LogP contribution is 2.27. The number of aromatic nitrogens is 2. The Morgan fingerprint density at radius 3 is 2.35 bits per heavy atom. The second-order valence-corrected chi connectivity index (χ2v) is 7.24. The summed E-state index contributed by atoms with van der Waals surface area (Å²) in [5, 5.41) is 2.53. The van der Waals surface area contributed by atoms with Gasteiger partial charge in [-0.1, -0.05) is 19.3 Å². The standard InChI is InChI=1S/C15H20FNO.C7H10N4O2/c1-2-17(14-10-8-13(16)9-11-14)15(18)12-6-4-3-5-7-12;1-2-9-7(13)5-4(6(8)12)10-3-11-5/h8-12H,2-7H2,1H3;3H,2H2,1H3,(H2,8,12)(H,9,13)(H,10,11). The second-order valence-electron chi connectivity index (χ2n) is 7.24. The monoisotopic (exact) mass is 431 g/mol. The molecule has 1 heterocycles. The number of carbonyl (C=O) groups excluding carboxylic acids is 3. The maximum atomic E-state index is 12.9. The summed E-state index contributed by atoms with van der Waals surface area (Å²) in [5.74, 6) is -1.01. The molecule has 1 aromatic heterocycles. The molecule has 0 unspecified atom stereocenters. The number of nitrogens with zero attached hydrogens (tertiary/aromatic N) is 2. The first-order valence-electron chi connectivity index (χ1n) is 10.6. The quantitative estimate of drug-likeness (QED) is 0.651. The molecule has 168 valence electrons. The average Bonchev–Trinajstić information content (AvgIpc) is 3.27. The van der Waals surface area contributed by atoms with Gasteiger partial charge in [-0.2, -0.15) is 0 Å². The van der Waals surface area contributed by atoms with Crippen LogP contribution in [0.3, 0.4) is 0 Å². The Labute approximate surface area is 181 Å². The first-order valence-corrected chi connectivity index (χ1v) is 10.6. The van der Waals surface area contributed by atoms with Gasteiger partial charge in [0.25, 0.3) is 11.8 Å². The van der Waals surface area contributed by atoms with Crippen molar-refractivity contribution in [1.82, 2.24) is 15.3 Å². The number of carbonyl (C=O) groups is 3. The van der Waals surface area contributed by atoms with E-state index in [4.69, 9.17) is 5.73 Å². The van der Waals surface area contributed by atoms with E-state index in [1.807, 2.05) is 6.92 Å². The molecule has 0 aliphatic heterocycles. The average molecular weight is 432 g/mol. The number of hydrogen-bond acceptors (Lipinski definition) is 4. The van der Waals surface area contributed by atoms with Gasteiger partial charge in [-0.15, -0.1) is 0 Å². The lowest BCUT2D eigenvalue weighted by Gasteiger charge is -2.28. The fourth-order valence-electron chi connectivity index (χ4n) is 3.56. The van der Waals surface area contributed by atoms with Gasteiger partial charge in [0.1, 0.15) is 11.5 Å². The molecule has 1 fully saturated rings. The second kappa shape index (κ2) is 11.8. The molecular formula is C22H30FN5O3. The number of H-pyrrole nitrogens is 1. The summed E-state index contributed by atoms with van der Waals surface area (Å²) in [6.07, 6.45) is 6.79. The van der Waals surface area contributed by atoms with E-state index in [2.05, 4.69) is 15.3 Å². The third-order valence-corrected chi connectivity index (χ3v) is 5.11. The van der Waals surface area contributed by atoms with Gasteiger partial charge >= 0.3 is 0 Å². The maximum absolute atomic E-state index is 12.9. The zero-order valence-electron chi connectivity index (χ0n) is 18.0. The van der Waals surface area contributed by atoms with Crippen molar-refractivity contribution in [2.75, 3.05) is 18.0 Å². The van der Waals surface area contributed by atoms with Gasteiger partial charge in [-0.05, 0) is 51.0 Å². The van der Waals surface area contributed by atoms with Crippen LogP contribution in [0.5, 0.6) is 0 Å². The van der Waals surface area contributed by atoms with E-state index in [0.717, 1.165) is 31.4 Å². The molecule has 31 heavy (non-hydrogen) atoms. The van der Waals surface area contributed by atoms with Crippen LogP contribution in [0, 0.1) is 11.7 Å². The number of aromatic amines is 1. The third-order valence-electron chi connectivity index (χ3n) is 5.11. The van der Waals surface area contributed by atoms with Crippen LogP contribution in [0.25, 0.3) is 0 Å². The molecule has 3 amide bonds. The predicted octanol–water partition coefficient (Wildman–Crippen LogP) is 3.02. The molecule has 0 atom stereocenters. The van der Waals surface area contributed by atoms with Crippen molar-refractivity contribution >= 4 is 23.4 Å². The summed E-state index contributed by atoms with van der Waals surface area (Å²) in [4.78, 5) is 42.4. The van der Waals surface area contributed by atoms with Crippen LogP contribution in [0.1, 0.15) is 66.9 Å². The van der Waals surface area contributed by atoms with Crippen LogP contribution < -0.4 is 16.0 Å². The van der Waals surface area contributed by atoms with Gasteiger partial charge in [0.15, 0.2) is 5.69 Å². The lowest BCUT2D eigenvalue weighted by atomic mass is 9.88. The van der Waals surface area contributed by atoms with Crippen LogP contribution in [-0.4, -0.2) is 40.8 Å². The Kier molecular flexibility index (Phi) is 9.17. The number of hydrogen-bond donors (Lipinski definition) is 3. The lowest BCUT2D eigenvalue weighted by Crippen LogP contribution is -2.36. The summed E-state index contributed by atoms with van der Waals surface area (Å²) >= 11 is 0. The number of primary amides is 1. The summed E-state index contributed by atoms with van der Waals surface area (Å²) < 4.78 is 12.9. The lowest BCUT2D eigenvalue weighted by molar-refractivity contribution is -0.123. The fourth-order valence-corrected chi connectivity index (χ4v) is 3.56. The number of halogens is 1. The topological polar surface area (TPSA) is 121 Å². The maximum Gasteiger partial charge on any atom is 0.270 e. The highest BCUT2D eigenvalue weighted by molar-refractivity contribution is 6.04. The molecular weight excluding hydrogens is 401 g/mol. The van der Waals surface area contributed by atoms with Crippen molar-refractivity contribution < 1.29 is 18.8 Å². The highest BCUT2D eigenvalue weighted by atomic mass is 19.1. The number of rotatable bonds is 6. The summed E-state index contributed by atoms with van der Waals surface area (Å²) in [5.41, 5.74) is 5.86. The first-order chi connectivity index (χ1) is 14.9. The van der Waals surface area contributed by atoms with Crippen molar-refractivity contribution in [3.63, 3.8) is 0 Å². The Bertz CT molecular complexity index is 876. The van der Waals surface area contributed by atoms with E-state index in [0.29, 0.717) is 13.1 Å². The molecule has 1 saturated carbocycles. The molecule has 0 radical (unpaired) electrons. The molecule has 1 aliphatic carbocycles. The van der Waals surface area contributed by atoms with Crippen molar-refractivity contribution in [3.05, 3.63) is 47.8 Å². The van der Waals surface area contributed by atoms with Crippen LogP contribution in [0.4, 0.5) is 10.1 Å². The van der Waals surface area contributed by atoms with E-state index in [1.165, 1.54) is 24.9 Å². The van der Waals surface area contributed by atoms with Crippen LogP contribution >= 0.6 is 0 Å². The van der Waals surface area contributed by atoms with Crippen LogP contribution in [0.15, 0.2) is 30.6 Å². The van der Waals surface area contributed by atoms with Crippen molar-refractivity contribution in [2.45, 2.75) is 46.0 Å². The molecule has 0 bridgehead atoms. The fraction of sp³-hybridized carbons (Fsp3) is 0.455. The first kappa shape index (κ1) is 24.0. The predicted molar refractivity (Wildman–Crippen MR) is 116 cm³/mol. The molecule has 2 aromatic rings. The van der Waals surface area contributed by atoms with E-state index in [-0.39, 0.29) is 34.9 Å². The third kappa shape index (κ3) is 6.63. The summed E-state index contributed by atoms with van der Waals surface area (Å²) in [7, 11) is 0. The zero-order chi connectivity index (χ0) is 22.8. The largest absolute Gasteiger partial charge is 0.364 e. The number of amides is 3. The molecule has 9 heteroatoms.